The molecule has 92 valence electrons. The van der Waals surface area contributed by atoms with Gasteiger partial charge in [0.2, 0.25) is 0 Å². The first-order valence-corrected chi connectivity index (χ1v) is 5.90. The number of likely N-dealkylation sites (tertiary alicyclic amines) is 1. The molecule has 0 radical (unpaired) electrons. The van der Waals surface area contributed by atoms with E-state index in [1.165, 1.54) is 19.3 Å². The molecular weight excluding hydrogens is 236 g/mol. The van der Waals surface area contributed by atoms with Crippen molar-refractivity contribution in [3.63, 3.8) is 0 Å². The summed E-state index contributed by atoms with van der Waals surface area (Å²) in [6.45, 7) is 0.952. The second-order valence-electron chi connectivity index (χ2n) is 4.91. The molecular formula is C13H17ClN2O. The van der Waals surface area contributed by atoms with Gasteiger partial charge in [-0.05, 0) is 49.4 Å². The van der Waals surface area contributed by atoms with Crippen molar-refractivity contribution < 1.29 is 4.79 Å². The van der Waals surface area contributed by atoms with Crippen LogP contribution in [0.25, 0.3) is 0 Å². The molecule has 1 saturated heterocycles. The second-order valence-corrected chi connectivity index (χ2v) is 4.91. The number of nitrogen functional groups attached to an aromatic ring is 1. The predicted octanol–water partition coefficient (Wildman–Crippen LogP) is 2.32. The zero-order chi connectivity index (χ0) is 11.1. The van der Waals surface area contributed by atoms with Crippen LogP contribution in [-0.4, -0.2) is 23.4 Å². The Labute approximate surface area is 107 Å². The van der Waals surface area contributed by atoms with Crippen LogP contribution in [-0.2, 0) is 0 Å². The number of carbonyl (C=O) groups is 1. The highest BCUT2D eigenvalue weighted by Crippen LogP contribution is 2.38. The van der Waals surface area contributed by atoms with Gasteiger partial charge in [0.05, 0.1) is 0 Å². The van der Waals surface area contributed by atoms with Crippen molar-refractivity contribution in [3.05, 3.63) is 29.8 Å². The Morgan fingerprint density at radius 2 is 1.94 bits per heavy atom. The van der Waals surface area contributed by atoms with Crippen LogP contribution in [0.1, 0.15) is 29.6 Å². The Morgan fingerprint density at radius 3 is 2.47 bits per heavy atom. The Bertz CT molecular complexity index is 418. The van der Waals surface area contributed by atoms with Crippen LogP contribution in [0, 0.1) is 5.92 Å². The van der Waals surface area contributed by atoms with Gasteiger partial charge >= 0.3 is 0 Å². The van der Waals surface area contributed by atoms with Gasteiger partial charge in [-0.25, -0.2) is 0 Å². The summed E-state index contributed by atoms with van der Waals surface area (Å²) in [6.07, 6.45) is 3.70. The number of fused-ring (bicyclic) bond motifs is 2. The first kappa shape index (κ1) is 12.2. The van der Waals surface area contributed by atoms with Gasteiger partial charge < -0.3 is 10.6 Å². The summed E-state index contributed by atoms with van der Waals surface area (Å²) in [6, 6.07) is 7.73. The van der Waals surface area contributed by atoms with Crippen molar-refractivity contribution in [1.29, 1.82) is 0 Å². The molecule has 2 fully saturated rings. The van der Waals surface area contributed by atoms with Crippen molar-refractivity contribution >= 4 is 24.0 Å². The van der Waals surface area contributed by atoms with Crippen molar-refractivity contribution in [2.24, 2.45) is 5.92 Å². The van der Waals surface area contributed by atoms with Crippen LogP contribution in [0.3, 0.4) is 0 Å². The quantitative estimate of drug-likeness (QED) is 0.780. The zero-order valence-electron chi connectivity index (χ0n) is 9.63. The topological polar surface area (TPSA) is 46.3 Å². The number of rotatable bonds is 1. The number of anilines is 1. The van der Waals surface area contributed by atoms with Gasteiger partial charge in [-0.1, -0.05) is 0 Å². The molecule has 3 nitrogen and oxygen atoms in total. The highest BCUT2D eigenvalue weighted by atomic mass is 35.5. The Balaban J connectivity index is 0.00000108. The lowest BCUT2D eigenvalue weighted by atomic mass is 10.1. The lowest BCUT2D eigenvalue weighted by molar-refractivity contribution is 0.0703. The Morgan fingerprint density at radius 1 is 1.24 bits per heavy atom. The standard InChI is InChI=1S/C13H16N2O.ClH/c14-11-4-2-10(3-5-11)13(16)15-8-9-1-6-12(15)7-9;/h2-5,9,12H,1,6-8,14H2;1H. The molecule has 2 aliphatic rings. The first-order valence-electron chi connectivity index (χ1n) is 5.90. The minimum absolute atomic E-state index is 0. The highest BCUT2D eigenvalue weighted by Gasteiger charge is 2.40. The fraction of sp³-hybridized carbons (Fsp3) is 0.462. The number of carbonyl (C=O) groups excluding carboxylic acids is 1. The van der Waals surface area contributed by atoms with E-state index in [9.17, 15) is 4.79 Å². The third-order valence-electron chi connectivity index (χ3n) is 3.83. The highest BCUT2D eigenvalue weighted by molar-refractivity contribution is 5.95. The molecule has 2 N–H and O–H groups in total. The molecule has 0 spiro atoms. The van der Waals surface area contributed by atoms with Gasteiger partial charge in [0, 0.05) is 23.8 Å². The monoisotopic (exact) mass is 252 g/mol. The van der Waals surface area contributed by atoms with E-state index in [1.54, 1.807) is 12.1 Å². The molecule has 1 heterocycles. The summed E-state index contributed by atoms with van der Waals surface area (Å²) in [5.74, 6) is 0.926. The van der Waals surface area contributed by atoms with Gasteiger partial charge in [-0.15, -0.1) is 12.4 Å². The van der Waals surface area contributed by atoms with Crippen molar-refractivity contribution in [1.82, 2.24) is 4.90 Å². The second kappa shape index (κ2) is 4.57. The molecule has 3 rings (SSSR count). The maximum atomic E-state index is 12.2. The molecule has 1 aliphatic heterocycles. The summed E-state index contributed by atoms with van der Waals surface area (Å²) < 4.78 is 0. The van der Waals surface area contributed by atoms with E-state index in [-0.39, 0.29) is 18.3 Å². The normalized spacial score (nSPS) is 25.8. The van der Waals surface area contributed by atoms with Crippen LogP contribution in [0.4, 0.5) is 5.69 Å². The Kier molecular flexibility index (Phi) is 3.29. The number of halogens is 1. The van der Waals surface area contributed by atoms with Gasteiger partial charge in [-0.3, -0.25) is 4.79 Å². The van der Waals surface area contributed by atoms with Crippen molar-refractivity contribution in [3.8, 4) is 0 Å². The average Bonchev–Trinajstić information content (AvgIpc) is 2.91. The van der Waals surface area contributed by atoms with E-state index in [2.05, 4.69) is 0 Å². The molecule has 2 atom stereocenters. The molecule has 17 heavy (non-hydrogen) atoms. The van der Waals surface area contributed by atoms with Crippen LogP contribution < -0.4 is 5.73 Å². The van der Waals surface area contributed by atoms with Crippen LogP contribution in [0.2, 0.25) is 0 Å². The van der Waals surface area contributed by atoms with Gasteiger partial charge in [-0.2, -0.15) is 0 Å². The SMILES string of the molecule is Cl.Nc1ccc(C(=O)N2CC3CCC2C3)cc1. The minimum Gasteiger partial charge on any atom is -0.399 e. The molecule has 0 aromatic heterocycles. The first-order chi connectivity index (χ1) is 7.74. The number of nitrogens with two attached hydrogens (primary N) is 1. The number of amides is 1. The molecule has 1 saturated carbocycles. The van der Waals surface area contributed by atoms with Gasteiger partial charge in [0.1, 0.15) is 0 Å². The predicted molar refractivity (Wildman–Crippen MR) is 70.3 cm³/mol. The number of benzene rings is 1. The van der Waals surface area contributed by atoms with Crippen LogP contribution in [0.5, 0.6) is 0 Å². The van der Waals surface area contributed by atoms with Gasteiger partial charge in [0.15, 0.2) is 0 Å². The summed E-state index contributed by atoms with van der Waals surface area (Å²) >= 11 is 0. The van der Waals surface area contributed by atoms with Crippen LogP contribution >= 0.6 is 12.4 Å². The molecule has 2 bridgehead atoms. The fourth-order valence-corrected chi connectivity index (χ4v) is 2.96. The molecule has 2 unspecified atom stereocenters. The summed E-state index contributed by atoms with van der Waals surface area (Å²) in [5.41, 5.74) is 7.09. The smallest absolute Gasteiger partial charge is 0.254 e. The molecule has 1 aromatic rings. The number of nitrogens with zero attached hydrogens (tertiary/aromatic N) is 1. The van der Waals surface area contributed by atoms with E-state index in [4.69, 9.17) is 5.73 Å². The number of piperidine rings is 1. The fourth-order valence-electron chi connectivity index (χ4n) is 2.96. The average molecular weight is 253 g/mol. The zero-order valence-corrected chi connectivity index (χ0v) is 10.5. The van der Waals surface area contributed by atoms with Crippen molar-refractivity contribution in [2.75, 3.05) is 12.3 Å². The molecule has 1 aliphatic carbocycles. The summed E-state index contributed by atoms with van der Waals surface area (Å²) in [5, 5.41) is 0. The van der Waals surface area contributed by atoms with E-state index < -0.39 is 0 Å². The van der Waals surface area contributed by atoms with E-state index in [1.807, 2.05) is 17.0 Å². The lowest BCUT2D eigenvalue weighted by Crippen LogP contribution is -2.37. The third-order valence-corrected chi connectivity index (χ3v) is 3.83. The Hall–Kier alpha value is -1.22. The number of hydrogen-bond acceptors (Lipinski definition) is 2. The van der Waals surface area contributed by atoms with E-state index in [0.29, 0.717) is 11.7 Å². The van der Waals surface area contributed by atoms with Gasteiger partial charge in [0.25, 0.3) is 5.91 Å². The maximum absolute atomic E-state index is 12.2. The molecule has 1 aromatic carbocycles. The maximum Gasteiger partial charge on any atom is 0.254 e. The summed E-state index contributed by atoms with van der Waals surface area (Å²) in [4.78, 5) is 14.3. The molecule has 4 heteroatoms. The largest absolute Gasteiger partial charge is 0.399 e. The number of hydrogen-bond donors (Lipinski definition) is 1. The minimum atomic E-state index is 0. The van der Waals surface area contributed by atoms with Crippen molar-refractivity contribution in [2.45, 2.75) is 25.3 Å². The van der Waals surface area contributed by atoms with Crippen LogP contribution in [0.15, 0.2) is 24.3 Å². The lowest BCUT2D eigenvalue weighted by Gasteiger charge is -2.27. The molecule has 1 amide bonds. The third kappa shape index (κ3) is 2.12. The summed E-state index contributed by atoms with van der Waals surface area (Å²) in [7, 11) is 0. The van der Waals surface area contributed by atoms with E-state index in [0.717, 1.165) is 18.0 Å². The van der Waals surface area contributed by atoms with E-state index >= 15 is 0 Å².